The van der Waals surface area contributed by atoms with Gasteiger partial charge in [-0.25, -0.2) is 13.6 Å². The second-order valence-corrected chi connectivity index (χ2v) is 6.52. The van der Waals surface area contributed by atoms with Crippen molar-refractivity contribution in [3.8, 4) is 0 Å². The van der Waals surface area contributed by atoms with Gasteiger partial charge in [0.25, 0.3) is 5.89 Å². The molecule has 2 fully saturated rings. The van der Waals surface area contributed by atoms with Crippen molar-refractivity contribution < 1.29 is 22.8 Å². The number of amides is 2. The van der Waals surface area contributed by atoms with Crippen LogP contribution in [0.3, 0.4) is 0 Å². The van der Waals surface area contributed by atoms with Crippen molar-refractivity contribution in [1.29, 1.82) is 0 Å². The lowest BCUT2D eigenvalue weighted by atomic mass is 10.0. The van der Waals surface area contributed by atoms with Crippen molar-refractivity contribution in [2.45, 2.75) is 57.1 Å². The van der Waals surface area contributed by atoms with Gasteiger partial charge in [-0.05, 0) is 32.1 Å². The van der Waals surface area contributed by atoms with Crippen molar-refractivity contribution in [1.82, 2.24) is 20.8 Å². The second-order valence-electron chi connectivity index (χ2n) is 6.52. The molecule has 3 rings (SSSR count). The third-order valence-electron chi connectivity index (χ3n) is 4.54. The number of aromatic nitrogens is 2. The van der Waals surface area contributed by atoms with E-state index < -0.39 is 12.0 Å². The van der Waals surface area contributed by atoms with Gasteiger partial charge in [-0.2, -0.15) is 4.98 Å². The average Bonchev–Trinajstić information content (AvgIpc) is 3.20. The number of urea groups is 1. The summed E-state index contributed by atoms with van der Waals surface area (Å²) < 4.78 is 36.9. The largest absolute Gasteiger partial charge is 0.366 e. The van der Waals surface area contributed by atoms with Crippen LogP contribution in [0.4, 0.5) is 13.6 Å². The maximum atomic E-state index is 13.1. The first kappa shape index (κ1) is 17.1. The van der Waals surface area contributed by atoms with E-state index in [9.17, 15) is 13.6 Å². The number of ether oxygens (including phenoxy) is 1. The molecule has 1 aromatic heterocycles. The molecule has 0 aromatic carbocycles. The quantitative estimate of drug-likeness (QED) is 0.856. The fourth-order valence-corrected chi connectivity index (χ4v) is 3.31. The number of rotatable bonds is 5. The van der Waals surface area contributed by atoms with Crippen molar-refractivity contribution in [2.24, 2.45) is 5.92 Å². The maximum Gasteiger partial charge on any atom is 0.315 e. The predicted octanol–water partition coefficient (Wildman–Crippen LogP) is 2.33. The molecule has 1 unspecified atom stereocenters. The topological polar surface area (TPSA) is 89.3 Å². The first-order valence-electron chi connectivity index (χ1n) is 8.27. The van der Waals surface area contributed by atoms with Crippen molar-refractivity contribution in [3.05, 3.63) is 11.7 Å². The van der Waals surface area contributed by atoms with E-state index in [4.69, 9.17) is 9.26 Å². The number of alkyl halides is 2. The van der Waals surface area contributed by atoms with Crippen LogP contribution < -0.4 is 10.6 Å². The molecule has 1 saturated carbocycles. The van der Waals surface area contributed by atoms with Crippen LogP contribution in [0, 0.1) is 12.8 Å². The minimum Gasteiger partial charge on any atom is -0.366 e. The summed E-state index contributed by atoms with van der Waals surface area (Å²) in [6.45, 7) is 2.59. The molecule has 0 bridgehead atoms. The molecule has 9 heteroatoms. The van der Waals surface area contributed by atoms with Gasteiger partial charge >= 0.3 is 6.03 Å². The number of carbonyl (C=O) groups is 1. The van der Waals surface area contributed by atoms with E-state index in [1.54, 1.807) is 6.92 Å². The molecule has 2 aliphatic rings. The average molecular weight is 344 g/mol. The summed E-state index contributed by atoms with van der Waals surface area (Å²) in [5.41, 5.74) is 0. The summed E-state index contributed by atoms with van der Waals surface area (Å²) >= 11 is 0. The van der Waals surface area contributed by atoms with Gasteiger partial charge in [0.15, 0.2) is 11.9 Å². The highest BCUT2D eigenvalue weighted by atomic mass is 19.3. The summed E-state index contributed by atoms with van der Waals surface area (Å²) in [4.78, 5) is 16.1. The van der Waals surface area contributed by atoms with Gasteiger partial charge < -0.3 is 19.9 Å². The Balaban J connectivity index is 1.41. The van der Waals surface area contributed by atoms with Crippen LogP contribution in [0.2, 0.25) is 0 Å². The Bertz CT molecular complexity index is 581. The fourth-order valence-electron chi connectivity index (χ4n) is 3.31. The smallest absolute Gasteiger partial charge is 0.315 e. The normalized spacial score (nSPS) is 28.9. The highest BCUT2D eigenvalue weighted by Gasteiger charge is 2.39. The second kappa shape index (κ2) is 7.00. The molecule has 2 heterocycles. The van der Waals surface area contributed by atoms with Gasteiger partial charge in [-0.3, -0.25) is 0 Å². The molecule has 0 spiro atoms. The number of hydrogen-bond donors (Lipinski definition) is 2. The van der Waals surface area contributed by atoms with Crippen LogP contribution in [0.25, 0.3) is 0 Å². The Labute approximate surface area is 138 Å². The lowest BCUT2D eigenvalue weighted by molar-refractivity contribution is 0.00478. The highest BCUT2D eigenvalue weighted by molar-refractivity contribution is 5.74. The zero-order valence-electron chi connectivity index (χ0n) is 13.6. The van der Waals surface area contributed by atoms with E-state index >= 15 is 0 Å². The van der Waals surface area contributed by atoms with E-state index in [0.717, 1.165) is 0 Å². The standard InChI is InChI=1S/C15H22F2N4O3/c1-9-19-13(24-21-9)12-11(4-7-23-12)20-14(22)18-6-3-10-2-5-15(16,17)8-10/h10-12H,2-8H2,1H3,(H2,18,20,22)/t10?,11-,12+/m0/s1. The number of nitrogens with one attached hydrogen (secondary N) is 2. The van der Waals surface area contributed by atoms with Crippen LogP contribution in [-0.4, -0.2) is 41.3 Å². The van der Waals surface area contributed by atoms with E-state index in [0.29, 0.717) is 44.1 Å². The van der Waals surface area contributed by atoms with Gasteiger partial charge in [0.05, 0.1) is 6.04 Å². The lowest BCUT2D eigenvalue weighted by Crippen LogP contribution is -2.43. The number of hydrogen-bond acceptors (Lipinski definition) is 5. The molecule has 1 aliphatic carbocycles. The zero-order chi connectivity index (χ0) is 17.2. The molecule has 24 heavy (non-hydrogen) atoms. The molecule has 134 valence electrons. The summed E-state index contributed by atoms with van der Waals surface area (Å²) in [5.74, 6) is -1.70. The fraction of sp³-hybridized carbons (Fsp3) is 0.800. The van der Waals surface area contributed by atoms with Crippen LogP contribution >= 0.6 is 0 Å². The van der Waals surface area contributed by atoms with Gasteiger partial charge in [-0.15, -0.1) is 0 Å². The maximum absolute atomic E-state index is 13.1. The lowest BCUT2D eigenvalue weighted by Gasteiger charge is -2.17. The Kier molecular flexibility index (Phi) is 4.98. The summed E-state index contributed by atoms with van der Waals surface area (Å²) in [6.07, 6.45) is 1.15. The minimum atomic E-state index is -2.54. The number of halogens is 2. The molecule has 1 aliphatic heterocycles. The third-order valence-corrected chi connectivity index (χ3v) is 4.54. The van der Waals surface area contributed by atoms with Crippen molar-refractivity contribution in [2.75, 3.05) is 13.2 Å². The SMILES string of the molecule is Cc1noc([C@@H]2OCC[C@@H]2NC(=O)NCCC2CCC(F)(F)C2)n1. The summed E-state index contributed by atoms with van der Waals surface area (Å²) in [5, 5.41) is 9.28. The van der Waals surface area contributed by atoms with Crippen LogP contribution in [0.15, 0.2) is 4.52 Å². The molecular weight excluding hydrogens is 322 g/mol. The van der Waals surface area contributed by atoms with E-state index in [1.807, 2.05) is 0 Å². The molecule has 7 nitrogen and oxygen atoms in total. The predicted molar refractivity (Wildman–Crippen MR) is 79.6 cm³/mol. The minimum absolute atomic E-state index is 0.0239. The number of carbonyl (C=O) groups excluding carboxylic acids is 1. The molecule has 1 aromatic rings. The molecule has 0 radical (unpaired) electrons. The van der Waals surface area contributed by atoms with Crippen LogP contribution in [0.1, 0.15) is 49.9 Å². The van der Waals surface area contributed by atoms with Gasteiger partial charge in [0.1, 0.15) is 0 Å². The van der Waals surface area contributed by atoms with Gasteiger partial charge in [-0.1, -0.05) is 5.16 Å². The highest BCUT2D eigenvalue weighted by Crippen LogP contribution is 2.40. The first-order chi connectivity index (χ1) is 11.4. The first-order valence-corrected chi connectivity index (χ1v) is 8.27. The Morgan fingerprint density at radius 3 is 2.92 bits per heavy atom. The monoisotopic (exact) mass is 344 g/mol. The van der Waals surface area contributed by atoms with Crippen molar-refractivity contribution >= 4 is 6.03 Å². The van der Waals surface area contributed by atoms with Gasteiger partial charge in [0.2, 0.25) is 5.92 Å². The van der Waals surface area contributed by atoms with Crippen LogP contribution in [-0.2, 0) is 4.74 Å². The summed E-state index contributed by atoms with van der Waals surface area (Å²) in [6, 6.07) is -0.586. The molecular formula is C15H22F2N4O3. The Morgan fingerprint density at radius 2 is 2.25 bits per heavy atom. The van der Waals surface area contributed by atoms with E-state index in [2.05, 4.69) is 20.8 Å². The summed E-state index contributed by atoms with van der Waals surface area (Å²) in [7, 11) is 0. The van der Waals surface area contributed by atoms with E-state index in [-0.39, 0.29) is 30.8 Å². The third kappa shape index (κ3) is 4.19. The molecule has 3 atom stereocenters. The Morgan fingerprint density at radius 1 is 1.42 bits per heavy atom. The van der Waals surface area contributed by atoms with Crippen LogP contribution in [0.5, 0.6) is 0 Å². The molecule has 2 N–H and O–H groups in total. The van der Waals surface area contributed by atoms with E-state index in [1.165, 1.54) is 0 Å². The number of nitrogens with zero attached hydrogens (tertiary/aromatic N) is 2. The zero-order valence-corrected chi connectivity index (χ0v) is 13.6. The Hall–Kier alpha value is -1.77. The molecule has 2 amide bonds. The number of aryl methyl sites for hydroxylation is 1. The molecule has 1 saturated heterocycles. The van der Waals surface area contributed by atoms with Crippen molar-refractivity contribution in [3.63, 3.8) is 0 Å². The van der Waals surface area contributed by atoms with Gasteiger partial charge in [0, 0.05) is 26.0 Å².